The summed E-state index contributed by atoms with van der Waals surface area (Å²) in [4.78, 5) is 2.72. The van der Waals surface area contributed by atoms with Gasteiger partial charge in [-0.15, -0.1) is 10.2 Å². The highest BCUT2D eigenvalue weighted by atomic mass is 15.5. The minimum atomic E-state index is 0.560. The number of hydrogen-bond donors (Lipinski definition) is 2. The number of H-pyrrole nitrogens is 1. The van der Waals surface area contributed by atoms with Gasteiger partial charge in [0.05, 0.1) is 0 Å². The Bertz CT molecular complexity index is 143. The largest absolute Gasteiger partial charge is 0.313 e. The topological polar surface area (TPSA) is 70.8 Å². The molecule has 1 rings (SSSR count). The van der Waals surface area contributed by atoms with Crippen molar-refractivity contribution in [1.29, 1.82) is 0 Å². The van der Waals surface area contributed by atoms with Gasteiger partial charge in [0.2, 0.25) is 5.95 Å². The fourth-order valence-electron chi connectivity index (χ4n) is 0.371. The number of rotatable bonds is 1. The van der Waals surface area contributed by atoms with Crippen molar-refractivity contribution in [3.05, 3.63) is 6.33 Å². The molecule has 3 N–H and O–H groups in total. The predicted molar refractivity (Wildman–Crippen MR) is 29.0 cm³/mol. The first-order valence-electron chi connectivity index (χ1n) is 2.15. The van der Waals surface area contributed by atoms with E-state index >= 15 is 0 Å². The van der Waals surface area contributed by atoms with Crippen LogP contribution in [-0.2, 0) is 0 Å². The van der Waals surface area contributed by atoms with E-state index in [2.05, 4.69) is 15.2 Å². The Labute approximate surface area is 46.5 Å². The third kappa shape index (κ3) is 0.760. The fourth-order valence-corrected chi connectivity index (χ4v) is 0.371. The predicted octanol–water partition coefficient (Wildman–Crippen LogP) is -0.885. The Morgan fingerprint density at radius 1 is 1.88 bits per heavy atom. The number of aromatic nitrogens is 3. The molecule has 1 aromatic rings. The maximum Gasteiger partial charge on any atom is 0.238 e. The second-order valence-electron chi connectivity index (χ2n) is 1.42. The summed E-state index contributed by atoms with van der Waals surface area (Å²) in [5, 5.41) is 8.48. The minimum Gasteiger partial charge on any atom is -0.313 e. The van der Waals surface area contributed by atoms with Gasteiger partial charge in [0.25, 0.3) is 0 Å². The minimum absolute atomic E-state index is 0.560. The van der Waals surface area contributed by atoms with Crippen molar-refractivity contribution >= 4 is 5.95 Å². The molecule has 5 heteroatoms. The first-order valence-corrected chi connectivity index (χ1v) is 2.15. The molecule has 0 aliphatic heterocycles. The van der Waals surface area contributed by atoms with Gasteiger partial charge < -0.3 is 4.98 Å². The Morgan fingerprint density at radius 3 is 2.88 bits per heavy atom. The molecular formula is C3H7N5. The Kier molecular flexibility index (Phi) is 1.13. The van der Waals surface area contributed by atoms with Crippen molar-refractivity contribution < 1.29 is 0 Å². The summed E-state index contributed by atoms with van der Waals surface area (Å²) in [6, 6.07) is 0. The summed E-state index contributed by atoms with van der Waals surface area (Å²) in [7, 11) is 1.68. The van der Waals surface area contributed by atoms with Crippen LogP contribution >= 0.6 is 0 Å². The van der Waals surface area contributed by atoms with Gasteiger partial charge in [-0.3, -0.25) is 5.01 Å². The van der Waals surface area contributed by atoms with Crippen molar-refractivity contribution in [2.45, 2.75) is 0 Å². The van der Waals surface area contributed by atoms with Crippen LogP contribution in [0.1, 0.15) is 0 Å². The average Bonchev–Trinajstić information content (AvgIpc) is 2.12. The summed E-state index contributed by atoms with van der Waals surface area (Å²) >= 11 is 0. The first kappa shape index (κ1) is 5.04. The van der Waals surface area contributed by atoms with Gasteiger partial charge in [0.1, 0.15) is 6.33 Å². The second kappa shape index (κ2) is 1.79. The molecule has 0 radical (unpaired) electrons. The van der Waals surface area contributed by atoms with Gasteiger partial charge in [-0.2, -0.15) is 0 Å². The molecule has 0 saturated carbocycles. The molecule has 0 aliphatic carbocycles. The van der Waals surface area contributed by atoms with E-state index < -0.39 is 0 Å². The van der Waals surface area contributed by atoms with Gasteiger partial charge in [-0.05, 0) is 0 Å². The summed E-state index contributed by atoms with van der Waals surface area (Å²) in [6.45, 7) is 0. The number of hydrogen-bond acceptors (Lipinski definition) is 4. The molecule has 0 spiro atoms. The summed E-state index contributed by atoms with van der Waals surface area (Å²) in [5.41, 5.74) is 0. The molecule has 0 unspecified atom stereocenters. The van der Waals surface area contributed by atoms with E-state index in [1.807, 2.05) is 0 Å². The first-order chi connectivity index (χ1) is 3.80. The van der Waals surface area contributed by atoms with Gasteiger partial charge in [0, 0.05) is 7.05 Å². The third-order valence-electron chi connectivity index (χ3n) is 0.738. The molecule has 8 heavy (non-hydrogen) atoms. The number of nitrogens with two attached hydrogens (primary N) is 1. The maximum atomic E-state index is 5.26. The molecule has 0 atom stereocenters. The molecule has 1 aromatic heterocycles. The van der Waals surface area contributed by atoms with Crippen molar-refractivity contribution in [3.63, 3.8) is 0 Å². The van der Waals surface area contributed by atoms with E-state index in [4.69, 9.17) is 5.84 Å². The molecule has 0 bridgehead atoms. The summed E-state index contributed by atoms with van der Waals surface area (Å²) in [5.74, 6) is 5.82. The lowest BCUT2D eigenvalue weighted by Crippen LogP contribution is -2.26. The molecule has 0 aliphatic rings. The standard InChI is InChI=1S/C3H7N5/c1-8(4)3-5-2-6-7-3/h2H,4H2,1H3,(H,5,6,7). The van der Waals surface area contributed by atoms with Crippen LogP contribution in [0.5, 0.6) is 0 Å². The summed E-state index contributed by atoms with van der Waals surface area (Å²) < 4.78 is 0. The zero-order valence-corrected chi connectivity index (χ0v) is 4.50. The number of anilines is 1. The van der Waals surface area contributed by atoms with Crippen LogP contribution in [0.25, 0.3) is 0 Å². The molecule has 0 aromatic carbocycles. The van der Waals surface area contributed by atoms with Gasteiger partial charge in [0.15, 0.2) is 0 Å². The summed E-state index contributed by atoms with van der Waals surface area (Å²) in [6.07, 6.45) is 1.47. The van der Waals surface area contributed by atoms with Gasteiger partial charge >= 0.3 is 0 Å². The highest BCUT2D eigenvalue weighted by molar-refractivity contribution is 5.20. The van der Waals surface area contributed by atoms with E-state index in [9.17, 15) is 0 Å². The molecule has 0 fully saturated rings. The molecular weight excluding hydrogens is 106 g/mol. The monoisotopic (exact) mass is 113 g/mol. The molecule has 0 amide bonds. The van der Waals surface area contributed by atoms with Gasteiger partial charge in [-0.1, -0.05) is 0 Å². The second-order valence-corrected chi connectivity index (χ2v) is 1.42. The van der Waals surface area contributed by atoms with Crippen molar-refractivity contribution in [2.75, 3.05) is 12.1 Å². The fraction of sp³-hybridized carbons (Fsp3) is 0.333. The van der Waals surface area contributed by atoms with Crippen LogP contribution < -0.4 is 10.9 Å². The van der Waals surface area contributed by atoms with Crippen molar-refractivity contribution in [3.8, 4) is 0 Å². The molecule has 1 heterocycles. The Hall–Kier alpha value is -1.10. The molecule has 0 saturated heterocycles. The number of nitrogens with zero attached hydrogens (tertiary/aromatic N) is 3. The zero-order valence-electron chi connectivity index (χ0n) is 4.50. The SMILES string of the molecule is CN(N)c1nnc[nH]1. The van der Waals surface area contributed by atoms with Crippen molar-refractivity contribution in [1.82, 2.24) is 15.2 Å². The Balaban J connectivity index is 2.77. The van der Waals surface area contributed by atoms with Crippen LogP contribution in [0, 0.1) is 0 Å². The van der Waals surface area contributed by atoms with Crippen LogP contribution in [-0.4, -0.2) is 22.2 Å². The van der Waals surface area contributed by atoms with E-state index in [1.54, 1.807) is 7.05 Å². The Morgan fingerprint density at radius 2 is 2.62 bits per heavy atom. The lowest BCUT2D eigenvalue weighted by molar-refractivity contribution is 0.934. The van der Waals surface area contributed by atoms with Crippen LogP contribution in [0.2, 0.25) is 0 Å². The lowest BCUT2D eigenvalue weighted by atomic mass is 11.0. The zero-order chi connectivity index (χ0) is 5.98. The highest BCUT2D eigenvalue weighted by Crippen LogP contribution is 1.92. The van der Waals surface area contributed by atoms with E-state index in [0.717, 1.165) is 0 Å². The van der Waals surface area contributed by atoms with E-state index in [0.29, 0.717) is 5.95 Å². The number of nitrogens with one attached hydrogen (secondary N) is 1. The van der Waals surface area contributed by atoms with Crippen LogP contribution in [0.15, 0.2) is 6.33 Å². The number of hydrazine groups is 1. The normalized spacial score (nSPS) is 9.25. The third-order valence-corrected chi connectivity index (χ3v) is 0.738. The lowest BCUT2D eigenvalue weighted by Gasteiger charge is -2.03. The molecule has 44 valence electrons. The maximum absolute atomic E-state index is 5.26. The van der Waals surface area contributed by atoms with E-state index in [-0.39, 0.29) is 0 Å². The highest BCUT2D eigenvalue weighted by Gasteiger charge is 1.93. The quantitative estimate of drug-likeness (QED) is 0.366. The van der Waals surface area contributed by atoms with E-state index in [1.165, 1.54) is 11.3 Å². The molecule has 5 nitrogen and oxygen atoms in total. The number of aromatic amines is 1. The van der Waals surface area contributed by atoms with Crippen molar-refractivity contribution in [2.24, 2.45) is 5.84 Å². The average molecular weight is 113 g/mol. The smallest absolute Gasteiger partial charge is 0.238 e. The van der Waals surface area contributed by atoms with Crippen LogP contribution in [0.4, 0.5) is 5.95 Å². The van der Waals surface area contributed by atoms with Crippen LogP contribution in [0.3, 0.4) is 0 Å². The van der Waals surface area contributed by atoms with Gasteiger partial charge in [-0.25, -0.2) is 5.84 Å².